The summed E-state index contributed by atoms with van der Waals surface area (Å²) in [6, 6.07) is 9.69. The number of aromatic carboxylic acids is 2. The molecule has 0 bridgehead atoms. The van der Waals surface area contributed by atoms with Crippen molar-refractivity contribution >= 4 is 23.5 Å². The monoisotopic (exact) mass is 315 g/mol. The molecule has 2 aromatic rings. The van der Waals surface area contributed by atoms with Gasteiger partial charge in [-0.2, -0.15) is 0 Å². The Morgan fingerprint density at radius 2 is 1.61 bits per heavy atom. The molecule has 0 aliphatic heterocycles. The maximum absolute atomic E-state index is 12.3. The van der Waals surface area contributed by atoms with E-state index in [9.17, 15) is 14.4 Å². The molecule has 2 aromatic carbocycles. The van der Waals surface area contributed by atoms with Crippen molar-refractivity contribution in [3.05, 3.63) is 59.2 Å². The first-order valence-corrected chi connectivity index (χ1v) is 6.49. The van der Waals surface area contributed by atoms with Gasteiger partial charge in [-0.05, 0) is 30.3 Å². The molecular formula is C16H13NO6. The fourth-order valence-electron chi connectivity index (χ4n) is 2.00. The smallest absolute Gasteiger partial charge is 0.336 e. The molecule has 0 aliphatic carbocycles. The lowest BCUT2D eigenvalue weighted by Gasteiger charge is -2.12. The van der Waals surface area contributed by atoms with Gasteiger partial charge in [-0.1, -0.05) is 12.1 Å². The molecule has 0 aromatic heterocycles. The van der Waals surface area contributed by atoms with E-state index >= 15 is 0 Å². The molecule has 0 saturated heterocycles. The number of hydrogen-bond donors (Lipinski definition) is 3. The third-order valence-corrected chi connectivity index (χ3v) is 3.10. The zero-order chi connectivity index (χ0) is 17.0. The van der Waals surface area contributed by atoms with Crippen LogP contribution in [0.3, 0.4) is 0 Å². The predicted octanol–water partition coefficient (Wildman–Crippen LogP) is 2.34. The number of carbonyl (C=O) groups is 3. The average Bonchev–Trinajstić information content (AvgIpc) is 2.54. The first-order chi connectivity index (χ1) is 10.9. The fraction of sp³-hybridized carbons (Fsp3) is 0.0625. The molecule has 2 rings (SSSR count). The van der Waals surface area contributed by atoms with E-state index in [1.54, 1.807) is 0 Å². The quantitative estimate of drug-likeness (QED) is 0.780. The van der Waals surface area contributed by atoms with Gasteiger partial charge in [-0.3, -0.25) is 4.79 Å². The summed E-state index contributed by atoms with van der Waals surface area (Å²) < 4.78 is 5.07. The summed E-state index contributed by atoms with van der Waals surface area (Å²) >= 11 is 0. The van der Waals surface area contributed by atoms with Gasteiger partial charge in [0.1, 0.15) is 5.75 Å². The van der Waals surface area contributed by atoms with Crippen molar-refractivity contribution in [1.29, 1.82) is 0 Å². The second kappa shape index (κ2) is 6.61. The van der Waals surface area contributed by atoms with Crippen LogP contribution < -0.4 is 10.1 Å². The first kappa shape index (κ1) is 16.0. The van der Waals surface area contributed by atoms with E-state index in [0.29, 0.717) is 0 Å². The topological polar surface area (TPSA) is 113 Å². The normalized spacial score (nSPS) is 9.96. The maximum atomic E-state index is 12.3. The molecule has 0 radical (unpaired) electrons. The van der Waals surface area contributed by atoms with Gasteiger partial charge in [0.15, 0.2) is 0 Å². The highest BCUT2D eigenvalue weighted by Gasteiger charge is 2.18. The summed E-state index contributed by atoms with van der Waals surface area (Å²) in [7, 11) is 1.37. The summed E-state index contributed by atoms with van der Waals surface area (Å²) in [5, 5.41) is 20.6. The molecule has 0 spiro atoms. The highest BCUT2D eigenvalue weighted by Crippen LogP contribution is 2.26. The largest absolute Gasteiger partial charge is 0.495 e. The number of carboxylic acid groups (broad SMARTS) is 2. The Kier molecular flexibility index (Phi) is 4.61. The van der Waals surface area contributed by atoms with E-state index in [-0.39, 0.29) is 28.1 Å². The Hall–Kier alpha value is -3.35. The second-order valence-corrected chi connectivity index (χ2v) is 4.53. The number of nitrogens with one attached hydrogen (secondary N) is 1. The van der Waals surface area contributed by atoms with Crippen molar-refractivity contribution in [3.8, 4) is 5.75 Å². The van der Waals surface area contributed by atoms with E-state index < -0.39 is 17.8 Å². The average molecular weight is 315 g/mol. The van der Waals surface area contributed by atoms with Crippen molar-refractivity contribution in [2.24, 2.45) is 0 Å². The summed E-state index contributed by atoms with van der Waals surface area (Å²) in [6.45, 7) is 0. The summed E-state index contributed by atoms with van der Waals surface area (Å²) in [6.07, 6.45) is 0. The molecular weight excluding hydrogens is 302 g/mol. The van der Waals surface area contributed by atoms with Crippen LogP contribution in [0.5, 0.6) is 5.75 Å². The number of ether oxygens (including phenoxy) is 1. The lowest BCUT2D eigenvalue weighted by atomic mass is 10.1. The van der Waals surface area contributed by atoms with Gasteiger partial charge in [0, 0.05) is 0 Å². The Bertz CT molecular complexity index is 784. The van der Waals surface area contributed by atoms with Crippen LogP contribution >= 0.6 is 0 Å². The lowest BCUT2D eigenvalue weighted by molar-refractivity contribution is 0.0685. The minimum Gasteiger partial charge on any atom is -0.495 e. The number of anilines is 1. The van der Waals surface area contributed by atoms with Crippen LogP contribution in [0.2, 0.25) is 0 Å². The van der Waals surface area contributed by atoms with Gasteiger partial charge in [0.25, 0.3) is 5.91 Å². The van der Waals surface area contributed by atoms with Crippen LogP contribution in [0.1, 0.15) is 31.1 Å². The molecule has 0 atom stereocenters. The molecule has 23 heavy (non-hydrogen) atoms. The number of carbonyl (C=O) groups excluding carboxylic acids is 1. The number of benzene rings is 2. The third kappa shape index (κ3) is 3.46. The molecule has 7 heteroatoms. The molecule has 0 unspecified atom stereocenters. The number of hydrogen-bond acceptors (Lipinski definition) is 4. The number of methoxy groups -OCH3 is 1. The van der Waals surface area contributed by atoms with Crippen molar-refractivity contribution in [2.45, 2.75) is 0 Å². The molecule has 0 fully saturated rings. The SMILES string of the molecule is COc1ccc(C(=O)O)cc1NC(=O)c1ccccc1C(=O)O. The Labute approximate surface area is 131 Å². The van der Waals surface area contributed by atoms with Crippen molar-refractivity contribution in [2.75, 3.05) is 12.4 Å². The fourth-order valence-corrected chi connectivity index (χ4v) is 2.00. The van der Waals surface area contributed by atoms with E-state index in [4.69, 9.17) is 14.9 Å². The Morgan fingerprint density at radius 1 is 0.957 bits per heavy atom. The first-order valence-electron chi connectivity index (χ1n) is 6.49. The standard InChI is InChI=1S/C16H13NO6/c1-23-13-7-6-9(15(19)20)8-12(13)17-14(18)10-4-2-3-5-11(10)16(21)22/h2-8H,1H3,(H,17,18)(H,19,20)(H,21,22). The molecule has 0 heterocycles. The van der Waals surface area contributed by atoms with Gasteiger partial charge in [0.05, 0.1) is 29.5 Å². The van der Waals surface area contributed by atoms with Crippen molar-refractivity contribution in [3.63, 3.8) is 0 Å². The van der Waals surface area contributed by atoms with Crippen LogP contribution in [0.4, 0.5) is 5.69 Å². The highest BCUT2D eigenvalue weighted by atomic mass is 16.5. The van der Waals surface area contributed by atoms with E-state index in [2.05, 4.69) is 5.32 Å². The minimum atomic E-state index is -1.23. The van der Waals surface area contributed by atoms with Crippen LogP contribution in [-0.4, -0.2) is 35.2 Å². The maximum Gasteiger partial charge on any atom is 0.336 e. The van der Waals surface area contributed by atoms with Crippen LogP contribution in [0.25, 0.3) is 0 Å². The Balaban J connectivity index is 2.39. The second-order valence-electron chi connectivity index (χ2n) is 4.53. The molecule has 3 N–H and O–H groups in total. The Morgan fingerprint density at radius 3 is 2.17 bits per heavy atom. The van der Waals surface area contributed by atoms with Crippen molar-refractivity contribution < 1.29 is 29.3 Å². The number of rotatable bonds is 5. The van der Waals surface area contributed by atoms with Crippen molar-refractivity contribution in [1.82, 2.24) is 0 Å². The minimum absolute atomic E-state index is 0.0346. The van der Waals surface area contributed by atoms with Gasteiger partial charge < -0.3 is 20.3 Å². The predicted molar refractivity (Wildman–Crippen MR) is 81.3 cm³/mol. The number of carboxylic acids is 2. The van der Waals surface area contributed by atoms with Gasteiger partial charge >= 0.3 is 11.9 Å². The molecule has 118 valence electrons. The van der Waals surface area contributed by atoms with Crippen LogP contribution in [-0.2, 0) is 0 Å². The molecule has 1 amide bonds. The van der Waals surface area contributed by atoms with Gasteiger partial charge in [-0.15, -0.1) is 0 Å². The van der Waals surface area contributed by atoms with Crippen LogP contribution in [0.15, 0.2) is 42.5 Å². The molecule has 0 aliphatic rings. The van der Waals surface area contributed by atoms with Gasteiger partial charge in [-0.25, -0.2) is 9.59 Å². The zero-order valence-corrected chi connectivity index (χ0v) is 12.1. The third-order valence-electron chi connectivity index (χ3n) is 3.10. The van der Waals surface area contributed by atoms with Gasteiger partial charge in [0.2, 0.25) is 0 Å². The summed E-state index contributed by atoms with van der Waals surface area (Å²) in [5.41, 5.74) is -0.0913. The lowest BCUT2D eigenvalue weighted by Crippen LogP contribution is -2.17. The van der Waals surface area contributed by atoms with E-state index in [1.807, 2.05) is 0 Å². The van der Waals surface area contributed by atoms with E-state index in [0.717, 1.165) is 0 Å². The molecule has 7 nitrogen and oxygen atoms in total. The summed E-state index contributed by atoms with van der Waals surface area (Å²) in [4.78, 5) is 34.5. The highest BCUT2D eigenvalue weighted by molar-refractivity contribution is 6.11. The summed E-state index contributed by atoms with van der Waals surface area (Å²) in [5.74, 6) is -2.81. The molecule has 0 saturated carbocycles. The number of amides is 1. The van der Waals surface area contributed by atoms with Crippen LogP contribution in [0, 0.1) is 0 Å². The zero-order valence-electron chi connectivity index (χ0n) is 12.1. The van der Waals surface area contributed by atoms with E-state index in [1.165, 1.54) is 49.6 Å².